The Morgan fingerprint density at radius 1 is 1.56 bits per heavy atom. The Balaban J connectivity index is 2.37. The van der Waals surface area contributed by atoms with E-state index >= 15 is 0 Å². The van der Waals surface area contributed by atoms with Crippen molar-refractivity contribution in [3.8, 4) is 11.5 Å². The molecule has 0 saturated carbocycles. The van der Waals surface area contributed by atoms with E-state index in [1.165, 1.54) is 13.0 Å². The molecule has 2 rings (SSSR count). The molecule has 0 unspecified atom stereocenters. The lowest BCUT2D eigenvalue weighted by atomic mass is 10.0. The van der Waals surface area contributed by atoms with Gasteiger partial charge in [0.2, 0.25) is 0 Å². The Kier molecular flexibility index (Phi) is 2.69. The summed E-state index contributed by atoms with van der Waals surface area (Å²) in [6.45, 7) is 3.38. The highest BCUT2D eigenvalue weighted by atomic mass is 16.5. The first-order chi connectivity index (χ1) is 7.61. The van der Waals surface area contributed by atoms with E-state index in [1.807, 2.05) is 19.1 Å². The lowest BCUT2D eigenvalue weighted by Crippen LogP contribution is -2.07. The fourth-order valence-corrected chi connectivity index (χ4v) is 1.91. The average Bonchev–Trinajstić information content (AvgIpc) is 2.58. The second kappa shape index (κ2) is 4.00. The highest BCUT2D eigenvalue weighted by molar-refractivity contribution is 5.97. The number of fused-ring (bicyclic) bond motifs is 1. The SMILES string of the molecule is CC=C[C@H]1Cc2cc(C(C)=O)c(O)cc2O1. The first-order valence-electron chi connectivity index (χ1n) is 5.28. The first-order valence-corrected chi connectivity index (χ1v) is 5.28. The third-order valence-electron chi connectivity index (χ3n) is 2.66. The van der Waals surface area contributed by atoms with Gasteiger partial charge in [-0.3, -0.25) is 4.79 Å². The number of phenolic OH excluding ortho intramolecular Hbond substituents is 1. The van der Waals surface area contributed by atoms with Gasteiger partial charge in [-0.2, -0.15) is 0 Å². The molecule has 3 nitrogen and oxygen atoms in total. The Bertz CT molecular complexity index is 460. The predicted octanol–water partition coefficient (Wildman–Crippen LogP) is 2.47. The summed E-state index contributed by atoms with van der Waals surface area (Å²) in [5.41, 5.74) is 1.34. The molecule has 1 atom stereocenters. The Morgan fingerprint density at radius 2 is 2.31 bits per heavy atom. The second-order valence-electron chi connectivity index (χ2n) is 3.92. The van der Waals surface area contributed by atoms with E-state index in [-0.39, 0.29) is 17.6 Å². The maximum Gasteiger partial charge on any atom is 0.163 e. The molecule has 0 saturated heterocycles. The second-order valence-corrected chi connectivity index (χ2v) is 3.92. The summed E-state index contributed by atoms with van der Waals surface area (Å²) in [4.78, 5) is 11.3. The molecule has 0 aromatic heterocycles. The number of benzene rings is 1. The normalized spacial score (nSPS) is 18.5. The van der Waals surface area contributed by atoms with Crippen LogP contribution in [0.25, 0.3) is 0 Å². The lowest BCUT2D eigenvalue weighted by molar-refractivity contribution is 0.101. The van der Waals surface area contributed by atoms with Crippen LogP contribution in [0.15, 0.2) is 24.3 Å². The van der Waals surface area contributed by atoms with Gasteiger partial charge in [-0.05, 0) is 31.6 Å². The van der Waals surface area contributed by atoms with Crippen molar-refractivity contribution in [3.05, 3.63) is 35.4 Å². The molecule has 0 aliphatic carbocycles. The molecule has 3 heteroatoms. The molecule has 1 N–H and O–H groups in total. The van der Waals surface area contributed by atoms with Crippen molar-refractivity contribution in [2.45, 2.75) is 26.4 Å². The van der Waals surface area contributed by atoms with Crippen LogP contribution in [-0.2, 0) is 6.42 Å². The molecule has 1 heterocycles. The largest absolute Gasteiger partial charge is 0.507 e. The van der Waals surface area contributed by atoms with Crippen LogP contribution >= 0.6 is 0 Å². The molecule has 16 heavy (non-hydrogen) atoms. The molecule has 0 bridgehead atoms. The number of ketones is 1. The summed E-state index contributed by atoms with van der Waals surface area (Å²) >= 11 is 0. The number of rotatable bonds is 2. The van der Waals surface area contributed by atoms with Crippen LogP contribution in [0.3, 0.4) is 0 Å². The van der Waals surface area contributed by atoms with Gasteiger partial charge in [-0.25, -0.2) is 0 Å². The number of ether oxygens (including phenoxy) is 1. The van der Waals surface area contributed by atoms with Crippen LogP contribution < -0.4 is 4.74 Å². The molecule has 84 valence electrons. The minimum atomic E-state index is -0.130. The van der Waals surface area contributed by atoms with Crippen molar-refractivity contribution in [2.75, 3.05) is 0 Å². The standard InChI is InChI=1S/C13H14O3/c1-3-4-10-5-9-6-11(8(2)14)12(15)7-13(9)16-10/h3-4,6-7,10,15H,5H2,1-2H3/t10-/m0/s1. The van der Waals surface area contributed by atoms with Crippen LogP contribution in [0.2, 0.25) is 0 Å². The number of Topliss-reactive ketones (excluding diaryl/α,β-unsaturated/α-hetero) is 1. The molecular weight excluding hydrogens is 204 g/mol. The van der Waals surface area contributed by atoms with Crippen molar-refractivity contribution >= 4 is 5.78 Å². The zero-order valence-electron chi connectivity index (χ0n) is 9.36. The summed E-state index contributed by atoms with van der Waals surface area (Å²) in [6.07, 6.45) is 4.66. The van der Waals surface area contributed by atoms with Gasteiger partial charge in [-0.1, -0.05) is 6.08 Å². The summed E-state index contributed by atoms with van der Waals surface area (Å²) < 4.78 is 5.60. The molecule has 1 aromatic carbocycles. The molecule has 1 aliphatic heterocycles. The van der Waals surface area contributed by atoms with Gasteiger partial charge < -0.3 is 9.84 Å². The van der Waals surface area contributed by atoms with Crippen molar-refractivity contribution in [1.82, 2.24) is 0 Å². The van der Waals surface area contributed by atoms with Gasteiger partial charge in [0.05, 0.1) is 5.56 Å². The maximum atomic E-state index is 11.3. The van der Waals surface area contributed by atoms with Crippen LogP contribution in [0.5, 0.6) is 11.5 Å². The topological polar surface area (TPSA) is 46.5 Å². The number of aromatic hydroxyl groups is 1. The van der Waals surface area contributed by atoms with E-state index in [2.05, 4.69) is 0 Å². The number of hydrogen-bond acceptors (Lipinski definition) is 3. The Labute approximate surface area is 94.4 Å². The highest BCUT2D eigenvalue weighted by Gasteiger charge is 2.23. The van der Waals surface area contributed by atoms with Gasteiger partial charge >= 0.3 is 0 Å². The van der Waals surface area contributed by atoms with Gasteiger partial charge in [0.25, 0.3) is 0 Å². The molecule has 0 spiro atoms. The number of allylic oxidation sites excluding steroid dienone is 1. The molecule has 0 amide bonds. The summed E-state index contributed by atoms with van der Waals surface area (Å²) in [5.74, 6) is 0.535. The number of phenols is 1. The predicted molar refractivity (Wildman–Crippen MR) is 61.0 cm³/mol. The van der Waals surface area contributed by atoms with Gasteiger partial charge in [0, 0.05) is 12.5 Å². The van der Waals surface area contributed by atoms with Gasteiger partial charge in [0.1, 0.15) is 17.6 Å². The quantitative estimate of drug-likeness (QED) is 0.612. The van der Waals surface area contributed by atoms with E-state index in [4.69, 9.17) is 4.74 Å². The third-order valence-corrected chi connectivity index (χ3v) is 2.66. The van der Waals surface area contributed by atoms with Crippen LogP contribution in [0.1, 0.15) is 29.8 Å². The maximum absolute atomic E-state index is 11.3. The van der Waals surface area contributed by atoms with E-state index in [0.29, 0.717) is 11.3 Å². The minimum absolute atomic E-state index is 0.00706. The summed E-state index contributed by atoms with van der Waals surface area (Å²) in [5, 5.41) is 9.64. The van der Waals surface area contributed by atoms with E-state index in [0.717, 1.165) is 12.0 Å². The fraction of sp³-hybridized carbons (Fsp3) is 0.308. The summed E-state index contributed by atoms with van der Waals surface area (Å²) in [7, 11) is 0. The molecule has 0 radical (unpaired) electrons. The monoisotopic (exact) mass is 218 g/mol. The van der Waals surface area contributed by atoms with Gasteiger partial charge in [0.15, 0.2) is 5.78 Å². The number of carbonyl (C=O) groups excluding carboxylic acids is 1. The molecular formula is C13H14O3. The number of carbonyl (C=O) groups is 1. The van der Waals surface area contributed by atoms with Crippen molar-refractivity contribution in [1.29, 1.82) is 0 Å². The third kappa shape index (κ3) is 1.81. The Hall–Kier alpha value is -1.77. The fourth-order valence-electron chi connectivity index (χ4n) is 1.91. The van der Waals surface area contributed by atoms with Crippen molar-refractivity contribution in [2.24, 2.45) is 0 Å². The minimum Gasteiger partial charge on any atom is -0.507 e. The summed E-state index contributed by atoms with van der Waals surface area (Å²) in [6, 6.07) is 3.24. The van der Waals surface area contributed by atoms with E-state index in [1.54, 1.807) is 6.07 Å². The smallest absolute Gasteiger partial charge is 0.163 e. The first kappa shape index (κ1) is 10.7. The van der Waals surface area contributed by atoms with Crippen LogP contribution in [0.4, 0.5) is 0 Å². The van der Waals surface area contributed by atoms with Crippen molar-refractivity contribution < 1.29 is 14.6 Å². The zero-order valence-corrected chi connectivity index (χ0v) is 9.36. The highest BCUT2D eigenvalue weighted by Crippen LogP contribution is 2.35. The van der Waals surface area contributed by atoms with E-state index < -0.39 is 0 Å². The van der Waals surface area contributed by atoms with E-state index in [9.17, 15) is 9.90 Å². The molecule has 0 fully saturated rings. The lowest BCUT2D eigenvalue weighted by Gasteiger charge is -2.05. The zero-order chi connectivity index (χ0) is 11.7. The van der Waals surface area contributed by atoms with Crippen LogP contribution in [-0.4, -0.2) is 17.0 Å². The average molecular weight is 218 g/mol. The molecule has 1 aromatic rings. The number of hydrogen-bond donors (Lipinski definition) is 1. The van der Waals surface area contributed by atoms with Crippen LogP contribution in [0, 0.1) is 0 Å². The van der Waals surface area contributed by atoms with Gasteiger partial charge in [-0.15, -0.1) is 0 Å². The molecule has 1 aliphatic rings. The van der Waals surface area contributed by atoms with Crippen molar-refractivity contribution in [3.63, 3.8) is 0 Å². The Morgan fingerprint density at radius 3 is 2.94 bits per heavy atom.